The number of aldehydes is 1. The van der Waals surface area contributed by atoms with Gasteiger partial charge in [0.2, 0.25) is 0 Å². The summed E-state index contributed by atoms with van der Waals surface area (Å²) in [4.78, 5) is 24.6. The minimum absolute atomic E-state index is 0.274. The predicted molar refractivity (Wildman–Crippen MR) is 59.0 cm³/mol. The van der Waals surface area contributed by atoms with Crippen molar-refractivity contribution in [3.05, 3.63) is 21.4 Å². The molecule has 0 atom stereocenters. The smallest absolute Gasteiger partial charge is 0.305 e. The molecule has 1 aromatic heterocycles. The van der Waals surface area contributed by atoms with Crippen molar-refractivity contribution < 1.29 is 14.3 Å². The summed E-state index contributed by atoms with van der Waals surface area (Å²) >= 11 is 3.30. The van der Waals surface area contributed by atoms with Gasteiger partial charge in [0.05, 0.1) is 17.4 Å². The SMILES string of the molecule is COC(=O)CCc1c(C=O)[nH]c(Br)c1C. The molecule has 15 heavy (non-hydrogen) atoms. The molecule has 0 unspecified atom stereocenters. The number of rotatable bonds is 4. The van der Waals surface area contributed by atoms with Crippen LogP contribution in [0.15, 0.2) is 4.60 Å². The second-order valence-electron chi connectivity index (χ2n) is 3.15. The fourth-order valence-corrected chi connectivity index (χ4v) is 1.83. The van der Waals surface area contributed by atoms with Crippen molar-refractivity contribution in [2.45, 2.75) is 19.8 Å². The van der Waals surface area contributed by atoms with E-state index in [1.165, 1.54) is 7.11 Å². The highest BCUT2D eigenvalue weighted by atomic mass is 79.9. The molecule has 0 fully saturated rings. The molecule has 1 heterocycles. The monoisotopic (exact) mass is 273 g/mol. The van der Waals surface area contributed by atoms with E-state index < -0.39 is 0 Å². The summed E-state index contributed by atoms with van der Waals surface area (Å²) in [5, 5.41) is 0. The van der Waals surface area contributed by atoms with Crippen molar-refractivity contribution in [1.82, 2.24) is 4.98 Å². The summed E-state index contributed by atoms with van der Waals surface area (Å²) in [6.07, 6.45) is 1.54. The van der Waals surface area contributed by atoms with E-state index in [9.17, 15) is 9.59 Å². The average Bonchev–Trinajstić information content (AvgIpc) is 2.52. The quantitative estimate of drug-likeness (QED) is 0.674. The van der Waals surface area contributed by atoms with Gasteiger partial charge >= 0.3 is 5.97 Å². The predicted octanol–water partition coefficient (Wildman–Crippen LogP) is 2.00. The Kier molecular flexibility index (Phi) is 4.08. The minimum Gasteiger partial charge on any atom is -0.469 e. The van der Waals surface area contributed by atoms with Crippen LogP contribution in [0.1, 0.15) is 28.0 Å². The van der Waals surface area contributed by atoms with E-state index in [-0.39, 0.29) is 12.4 Å². The zero-order valence-corrected chi connectivity index (χ0v) is 10.2. The lowest BCUT2D eigenvalue weighted by Gasteiger charge is -2.00. The van der Waals surface area contributed by atoms with Crippen LogP contribution in [0.3, 0.4) is 0 Å². The third-order valence-corrected chi connectivity index (χ3v) is 3.07. The highest BCUT2D eigenvalue weighted by Gasteiger charge is 2.13. The van der Waals surface area contributed by atoms with Crippen LogP contribution in [0.5, 0.6) is 0 Å². The molecule has 0 amide bonds. The number of hydrogen-bond donors (Lipinski definition) is 1. The fourth-order valence-electron chi connectivity index (χ4n) is 1.37. The molecule has 1 aromatic rings. The molecule has 0 aliphatic carbocycles. The number of methoxy groups -OCH3 is 1. The van der Waals surface area contributed by atoms with E-state index in [2.05, 4.69) is 25.7 Å². The van der Waals surface area contributed by atoms with Crippen LogP contribution in [0.4, 0.5) is 0 Å². The van der Waals surface area contributed by atoms with Crippen molar-refractivity contribution in [3.8, 4) is 0 Å². The number of hydrogen-bond acceptors (Lipinski definition) is 3. The highest BCUT2D eigenvalue weighted by Crippen LogP contribution is 2.23. The van der Waals surface area contributed by atoms with Gasteiger partial charge in [0.15, 0.2) is 6.29 Å². The van der Waals surface area contributed by atoms with Crippen LogP contribution in [0.2, 0.25) is 0 Å². The van der Waals surface area contributed by atoms with Gasteiger partial charge in [0, 0.05) is 6.42 Å². The summed E-state index contributed by atoms with van der Waals surface area (Å²) in [5.41, 5.74) is 2.34. The number of aromatic amines is 1. The lowest BCUT2D eigenvalue weighted by Crippen LogP contribution is -2.03. The summed E-state index contributed by atoms with van der Waals surface area (Å²) in [5.74, 6) is -0.274. The Bertz CT molecular complexity index is 384. The van der Waals surface area contributed by atoms with Gasteiger partial charge < -0.3 is 9.72 Å². The number of esters is 1. The average molecular weight is 274 g/mol. The maximum atomic E-state index is 11.0. The number of H-pyrrole nitrogens is 1. The van der Waals surface area contributed by atoms with Crippen LogP contribution in [0, 0.1) is 6.92 Å². The zero-order chi connectivity index (χ0) is 11.4. The second-order valence-corrected chi connectivity index (χ2v) is 3.94. The number of carbonyl (C=O) groups is 2. The van der Waals surface area contributed by atoms with Crippen molar-refractivity contribution in [2.75, 3.05) is 7.11 Å². The van der Waals surface area contributed by atoms with Crippen LogP contribution in [-0.4, -0.2) is 24.3 Å². The van der Waals surface area contributed by atoms with E-state index >= 15 is 0 Å². The Hall–Kier alpha value is -1.10. The molecular formula is C10H12BrNO3. The Morgan fingerprint density at radius 2 is 2.27 bits per heavy atom. The largest absolute Gasteiger partial charge is 0.469 e. The number of halogens is 1. The highest BCUT2D eigenvalue weighted by molar-refractivity contribution is 9.10. The molecule has 0 aliphatic rings. The maximum absolute atomic E-state index is 11.0. The molecule has 0 aliphatic heterocycles. The fraction of sp³-hybridized carbons (Fsp3) is 0.400. The first-order valence-corrected chi connectivity index (χ1v) is 5.28. The van der Waals surface area contributed by atoms with E-state index in [4.69, 9.17) is 0 Å². The van der Waals surface area contributed by atoms with Crippen molar-refractivity contribution in [1.29, 1.82) is 0 Å². The Morgan fingerprint density at radius 1 is 1.60 bits per heavy atom. The van der Waals surface area contributed by atoms with Gasteiger partial charge in [-0.3, -0.25) is 9.59 Å². The van der Waals surface area contributed by atoms with Gasteiger partial charge in [-0.2, -0.15) is 0 Å². The third-order valence-electron chi connectivity index (χ3n) is 2.28. The van der Waals surface area contributed by atoms with Crippen molar-refractivity contribution in [3.63, 3.8) is 0 Å². The molecule has 0 radical (unpaired) electrons. The first-order chi connectivity index (χ1) is 7.10. The third kappa shape index (κ3) is 2.68. The van der Waals surface area contributed by atoms with Gasteiger partial charge in [-0.05, 0) is 40.4 Å². The maximum Gasteiger partial charge on any atom is 0.305 e. The number of nitrogens with one attached hydrogen (secondary N) is 1. The molecule has 0 saturated heterocycles. The van der Waals surface area contributed by atoms with Crippen LogP contribution in [0.25, 0.3) is 0 Å². The first kappa shape index (κ1) is 12.0. The first-order valence-electron chi connectivity index (χ1n) is 4.49. The van der Waals surface area contributed by atoms with Crippen LogP contribution < -0.4 is 0 Å². The van der Waals surface area contributed by atoms with Gasteiger partial charge in [0.1, 0.15) is 0 Å². The van der Waals surface area contributed by atoms with Crippen molar-refractivity contribution >= 4 is 28.2 Å². The van der Waals surface area contributed by atoms with Crippen molar-refractivity contribution in [2.24, 2.45) is 0 Å². The van der Waals surface area contributed by atoms with E-state index in [0.29, 0.717) is 12.1 Å². The van der Waals surface area contributed by atoms with Gasteiger partial charge in [-0.25, -0.2) is 0 Å². The Labute approximate surface area is 96.1 Å². The normalized spacial score (nSPS) is 10.1. The lowest BCUT2D eigenvalue weighted by molar-refractivity contribution is -0.140. The summed E-state index contributed by atoms with van der Waals surface area (Å²) in [6, 6.07) is 0. The molecule has 4 nitrogen and oxygen atoms in total. The molecule has 82 valence electrons. The topological polar surface area (TPSA) is 59.2 Å². The molecule has 0 spiro atoms. The van der Waals surface area contributed by atoms with Crippen LogP contribution >= 0.6 is 15.9 Å². The molecule has 5 heteroatoms. The van der Waals surface area contributed by atoms with E-state index in [0.717, 1.165) is 22.0 Å². The van der Waals surface area contributed by atoms with E-state index in [1.807, 2.05) is 6.92 Å². The summed E-state index contributed by atoms with van der Waals surface area (Å²) < 4.78 is 5.32. The van der Waals surface area contributed by atoms with Gasteiger partial charge in [-0.15, -0.1) is 0 Å². The number of aromatic nitrogens is 1. The molecular weight excluding hydrogens is 262 g/mol. The lowest BCUT2D eigenvalue weighted by atomic mass is 10.1. The standard InChI is InChI=1S/C10H12BrNO3/c1-6-7(3-4-9(14)15-2)8(5-13)12-10(6)11/h5,12H,3-4H2,1-2H3. The molecule has 1 N–H and O–H groups in total. The molecule has 0 aromatic carbocycles. The summed E-state index contributed by atoms with van der Waals surface area (Å²) in [6.45, 7) is 1.89. The van der Waals surface area contributed by atoms with Crippen LogP contribution in [-0.2, 0) is 16.0 Å². The Morgan fingerprint density at radius 3 is 2.80 bits per heavy atom. The van der Waals surface area contributed by atoms with E-state index in [1.54, 1.807) is 0 Å². The van der Waals surface area contributed by atoms with Gasteiger partial charge in [0.25, 0.3) is 0 Å². The second kappa shape index (κ2) is 5.11. The van der Waals surface area contributed by atoms with Gasteiger partial charge in [-0.1, -0.05) is 0 Å². The number of carbonyl (C=O) groups excluding carboxylic acids is 2. The molecule has 1 rings (SSSR count). The molecule has 0 bridgehead atoms. The number of ether oxygens (including phenoxy) is 1. The summed E-state index contributed by atoms with van der Waals surface area (Å²) in [7, 11) is 1.35. The zero-order valence-electron chi connectivity index (χ0n) is 8.59. The molecule has 0 saturated carbocycles. The minimum atomic E-state index is -0.274. The Balaban J connectivity index is 2.83.